The molecule has 0 saturated carbocycles. The molecule has 1 nitrogen and oxygen atoms in total. The fraction of sp³-hybridized carbons (Fsp3) is 0.294. The van der Waals surface area contributed by atoms with Gasteiger partial charge in [0.1, 0.15) is 5.82 Å². The average molecular weight is 257 g/mol. The molecule has 2 heteroatoms. The number of rotatable bonds is 3. The molecule has 0 bridgehead atoms. The normalized spacial score (nSPS) is 12.5. The summed E-state index contributed by atoms with van der Waals surface area (Å²) in [5.41, 5.74) is 5.56. The Hall–Kier alpha value is -1.67. The van der Waals surface area contributed by atoms with Crippen LogP contribution in [-0.2, 0) is 0 Å². The van der Waals surface area contributed by atoms with Gasteiger partial charge in [-0.1, -0.05) is 30.3 Å². The summed E-state index contributed by atoms with van der Waals surface area (Å²) in [6.07, 6.45) is 0. The molecule has 0 radical (unpaired) electrons. The molecule has 1 unspecified atom stereocenters. The predicted molar refractivity (Wildman–Crippen MR) is 78.0 cm³/mol. The molecule has 0 saturated heterocycles. The van der Waals surface area contributed by atoms with E-state index in [1.807, 2.05) is 19.2 Å². The first-order chi connectivity index (χ1) is 9.04. The van der Waals surface area contributed by atoms with Crippen LogP contribution in [0.25, 0.3) is 0 Å². The molecule has 0 aliphatic heterocycles. The molecule has 1 atom stereocenters. The Morgan fingerprint density at radius 2 is 1.58 bits per heavy atom. The van der Waals surface area contributed by atoms with Gasteiger partial charge in [-0.25, -0.2) is 4.39 Å². The van der Waals surface area contributed by atoms with Crippen molar-refractivity contribution < 1.29 is 4.39 Å². The number of hydrogen-bond donors (Lipinski definition) is 1. The molecular formula is C17H20FN. The second-order valence-electron chi connectivity index (χ2n) is 5.04. The lowest BCUT2D eigenvalue weighted by atomic mass is 9.91. The average Bonchev–Trinajstić information content (AvgIpc) is 2.37. The minimum absolute atomic E-state index is 0.0977. The lowest BCUT2D eigenvalue weighted by Gasteiger charge is -2.22. The summed E-state index contributed by atoms with van der Waals surface area (Å²) in [6, 6.07) is 11.7. The van der Waals surface area contributed by atoms with Gasteiger partial charge in [-0.05, 0) is 61.7 Å². The Balaban J connectivity index is 2.53. The Kier molecular flexibility index (Phi) is 4.01. The Labute approximate surface area is 114 Å². The first-order valence-corrected chi connectivity index (χ1v) is 6.54. The van der Waals surface area contributed by atoms with E-state index in [0.29, 0.717) is 5.56 Å². The smallest absolute Gasteiger partial charge is 0.126 e. The lowest BCUT2D eigenvalue weighted by molar-refractivity contribution is 0.613. The highest BCUT2D eigenvalue weighted by Gasteiger charge is 2.17. The van der Waals surface area contributed by atoms with Gasteiger partial charge in [-0.15, -0.1) is 0 Å². The van der Waals surface area contributed by atoms with E-state index in [4.69, 9.17) is 0 Å². The number of aryl methyl sites for hydroxylation is 3. The summed E-state index contributed by atoms with van der Waals surface area (Å²) >= 11 is 0. The second kappa shape index (κ2) is 5.54. The molecule has 2 aromatic rings. The zero-order valence-corrected chi connectivity index (χ0v) is 11.9. The molecule has 19 heavy (non-hydrogen) atoms. The Morgan fingerprint density at radius 1 is 0.947 bits per heavy atom. The van der Waals surface area contributed by atoms with E-state index in [1.54, 1.807) is 13.0 Å². The van der Waals surface area contributed by atoms with Gasteiger partial charge < -0.3 is 5.32 Å². The van der Waals surface area contributed by atoms with Crippen LogP contribution in [0.1, 0.15) is 33.9 Å². The van der Waals surface area contributed by atoms with Crippen molar-refractivity contribution in [3.63, 3.8) is 0 Å². The summed E-state index contributed by atoms with van der Waals surface area (Å²) in [5, 5.41) is 3.34. The zero-order chi connectivity index (χ0) is 14.0. The maximum Gasteiger partial charge on any atom is 0.126 e. The fourth-order valence-corrected chi connectivity index (χ4v) is 2.61. The molecule has 0 aromatic heterocycles. The highest BCUT2D eigenvalue weighted by Crippen LogP contribution is 2.28. The molecule has 0 fully saturated rings. The van der Waals surface area contributed by atoms with Crippen LogP contribution in [0.2, 0.25) is 0 Å². The molecular weight excluding hydrogens is 237 g/mol. The maximum atomic E-state index is 13.4. The second-order valence-corrected chi connectivity index (χ2v) is 5.04. The van der Waals surface area contributed by atoms with E-state index in [9.17, 15) is 4.39 Å². The summed E-state index contributed by atoms with van der Waals surface area (Å²) in [4.78, 5) is 0. The van der Waals surface area contributed by atoms with Gasteiger partial charge >= 0.3 is 0 Å². The minimum atomic E-state index is -0.153. The third-order valence-corrected chi connectivity index (χ3v) is 3.63. The van der Waals surface area contributed by atoms with Crippen LogP contribution in [-0.4, -0.2) is 7.05 Å². The molecule has 0 spiro atoms. The van der Waals surface area contributed by atoms with Crippen molar-refractivity contribution in [3.8, 4) is 0 Å². The molecule has 2 aromatic carbocycles. The van der Waals surface area contributed by atoms with Crippen molar-refractivity contribution in [1.82, 2.24) is 5.32 Å². The lowest BCUT2D eigenvalue weighted by Crippen LogP contribution is -2.20. The van der Waals surface area contributed by atoms with Crippen molar-refractivity contribution in [3.05, 3.63) is 70.0 Å². The third kappa shape index (κ3) is 2.69. The highest BCUT2D eigenvalue weighted by atomic mass is 19.1. The summed E-state index contributed by atoms with van der Waals surface area (Å²) < 4.78 is 13.4. The largest absolute Gasteiger partial charge is 0.309 e. The van der Waals surface area contributed by atoms with Gasteiger partial charge in [0.15, 0.2) is 0 Å². The van der Waals surface area contributed by atoms with Gasteiger partial charge in [-0.3, -0.25) is 0 Å². The van der Waals surface area contributed by atoms with Crippen LogP contribution in [0.5, 0.6) is 0 Å². The maximum absolute atomic E-state index is 13.4. The van der Waals surface area contributed by atoms with Crippen LogP contribution in [0, 0.1) is 26.6 Å². The Morgan fingerprint density at radius 3 is 2.11 bits per heavy atom. The van der Waals surface area contributed by atoms with Crippen molar-refractivity contribution in [2.75, 3.05) is 7.05 Å². The Bertz CT molecular complexity index is 570. The molecule has 2 rings (SSSR count). The van der Waals surface area contributed by atoms with Crippen LogP contribution >= 0.6 is 0 Å². The van der Waals surface area contributed by atoms with Crippen LogP contribution < -0.4 is 5.32 Å². The predicted octanol–water partition coefficient (Wildman–Crippen LogP) is 4.06. The van der Waals surface area contributed by atoms with Gasteiger partial charge in [0.25, 0.3) is 0 Å². The highest BCUT2D eigenvalue weighted by molar-refractivity contribution is 5.42. The first-order valence-electron chi connectivity index (χ1n) is 6.54. The number of hydrogen-bond acceptors (Lipinski definition) is 1. The third-order valence-electron chi connectivity index (χ3n) is 3.63. The molecule has 0 amide bonds. The summed E-state index contributed by atoms with van der Waals surface area (Å²) in [6.45, 7) is 6.03. The molecule has 0 aliphatic rings. The molecule has 1 N–H and O–H groups in total. The van der Waals surface area contributed by atoms with Gasteiger partial charge in [0.05, 0.1) is 6.04 Å². The van der Waals surface area contributed by atoms with E-state index < -0.39 is 0 Å². The number of halogens is 1. The summed E-state index contributed by atoms with van der Waals surface area (Å²) in [7, 11) is 1.94. The first kappa shape index (κ1) is 13.8. The van der Waals surface area contributed by atoms with E-state index in [1.165, 1.54) is 16.7 Å². The van der Waals surface area contributed by atoms with Crippen molar-refractivity contribution in [1.29, 1.82) is 0 Å². The van der Waals surface area contributed by atoms with E-state index in [2.05, 4.69) is 37.4 Å². The van der Waals surface area contributed by atoms with Crippen LogP contribution in [0.15, 0.2) is 36.4 Å². The quantitative estimate of drug-likeness (QED) is 0.874. The van der Waals surface area contributed by atoms with Gasteiger partial charge in [0.2, 0.25) is 0 Å². The standard InChI is InChI=1S/C17H20FN/c1-11-6-5-7-12(2)16(11)17(19-4)14-8-9-15(18)13(3)10-14/h5-10,17,19H,1-4H3. The monoisotopic (exact) mass is 257 g/mol. The van der Waals surface area contributed by atoms with Crippen molar-refractivity contribution in [2.45, 2.75) is 26.8 Å². The summed E-state index contributed by atoms with van der Waals surface area (Å²) in [5.74, 6) is -0.153. The number of benzene rings is 2. The molecule has 0 aliphatic carbocycles. The topological polar surface area (TPSA) is 12.0 Å². The van der Waals surface area contributed by atoms with Crippen molar-refractivity contribution in [2.24, 2.45) is 0 Å². The minimum Gasteiger partial charge on any atom is -0.309 e. The van der Waals surface area contributed by atoms with E-state index in [0.717, 1.165) is 5.56 Å². The van der Waals surface area contributed by atoms with E-state index >= 15 is 0 Å². The van der Waals surface area contributed by atoms with Gasteiger partial charge in [0, 0.05) is 0 Å². The van der Waals surface area contributed by atoms with Crippen LogP contribution in [0.3, 0.4) is 0 Å². The zero-order valence-electron chi connectivity index (χ0n) is 11.9. The van der Waals surface area contributed by atoms with Gasteiger partial charge in [-0.2, -0.15) is 0 Å². The van der Waals surface area contributed by atoms with Crippen molar-refractivity contribution >= 4 is 0 Å². The molecule has 100 valence electrons. The molecule has 0 heterocycles. The number of nitrogens with one attached hydrogen (secondary N) is 1. The SMILES string of the molecule is CNC(c1ccc(F)c(C)c1)c1c(C)cccc1C. The van der Waals surface area contributed by atoms with E-state index in [-0.39, 0.29) is 11.9 Å². The van der Waals surface area contributed by atoms with Crippen LogP contribution in [0.4, 0.5) is 4.39 Å². The fourth-order valence-electron chi connectivity index (χ4n) is 2.61.